The van der Waals surface area contributed by atoms with Crippen LogP contribution in [0.1, 0.15) is 44.0 Å². The lowest BCUT2D eigenvalue weighted by Crippen LogP contribution is -2.26. The van der Waals surface area contributed by atoms with Crippen LogP contribution >= 0.6 is 0 Å². The number of aryl methyl sites for hydroxylation is 1. The number of nitrogen functional groups attached to an aromatic ring is 1. The molecule has 100 valence electrons. The third kappa shape index (κ3) is 2.90. The number of hydrazine groups is 1. The van der Waals surface area contributed by atoms with E-state index in [9.17, 15) is 0 Å². The summed E-state index contributed by atoms with van der Waals surface area (Å²) in [6.07, 6.45) is 5.02. The highest BCUT2D eigenvalue weighted by atomic mass is 15.3. The van der Waals surface area contributed by atoms with Crippen molar-refractivity contribution in [1.82, 2.24) is 9.97 Å². The topological polar surface area (TPSA) is 75.9 Å². The molecular formula is C13H23N5. The molecule has 2 rings (SSSR count). The highest BCUT2D eigenvalue weighted by Crippen LogP contribution is 2.27. The Morgan fingerprint density at radius 2 is 1.67 bits per heavy atom. The standard InChI is InChI=1S/C13H23N5/c1-8-4-6-11(7-5-8)17-12-9(2)13(18-14)16-10(3)15-12/h8,11H,4-7,14H2,1-3H3,(H2,15,16,17,18). The third-order valence-corrected chi connectivity index (χ3v) is 3.75. The molecule has 0 amide bonds. The molecule has 5 heteroatoms. The minimum atomic E-state index is 0.528. The van der Waals surface area contributed by atoms with Gasteiger partial charge in [0.05, 0.1) is 0 Å². The summed E-state index contributed by atoms with van der Waals surface area (Å²) in [7, 11) is 0. The van der Waals surface area contributed by atoms with Crippen molar-refractivity contribution in [1.29, 1.82) is 0 Å². The number of aromatic nitrogens is 2. The van der Waals surface area contributed by atoms with E-state index < -0.39 is 0 Å². The fourth-order valence-corrected chi connectivity index (χ4v) is 2.51. The average molecular weight is 249 g/mol. The van der Waals surface area contributed by atoms with Crippen molar-refractivity contribution < 1.29 is 0 Å². The van der Waals surface area contributed by atoms with Gasteiger partial charge in [-0.05, 0) is 45.4 Å². The van der Waals surface area contributed by atoms with Gasteiger partial charge >= 0.3 is 0 Å². The van der Waals surface area contributed by atoms with Gasteiger partial charge in [-0.15, -0.1) is 0 Å². The molecule has 0 aromatic carbocycles. The maximum Gasteiger partial charge on any atom is 0.148 e. The molecule has 4 N–H and O–H groups in total. The molecule has 1 aliphatic rings. The van der Waals surface area contributed by atoms with Crippen LogP contribution in [0, 0.1) is 19.8 Å². The van der Waals surface area contributed by atoms with Crippen LogP contribution < -0.4 is 16.6 Å². The van der Waals surface area contributed by atoms with Gasteiger partial charge in [-0.2, -0.15) is 0 Å². The van der Waals surface area contributed by atoms with Gasteiger partial charge in [0.15, 0.2) is 0 Å². The first-order chi connectivity index (χ1) is 8.60. The van der Waals surface area contributed by atoms with E-state index in [0.29, 0.717) is 11.9 Å². The SMILES string of the molecule is Cc1nc(NN)c(C)c(NC2CCC(C)CC2)n1. The second-order valence-electron chi connectivity index (χ2n) is 5.34. The highest BCUT2D eigenvalue weighted by Gasteiger charge is 2.19. The molecule has 1 saturated carbocycles. The Morgan fingerprint density at radius 3 is 2.28 bits per heavy atom. The maximum absolute atomic E-state index is 5.47. The fraction of sp³-hybridized carbons (Fsp3) is 0.692. The Labute approximate surface area is 109 Å². The number of anilines is 2. The summed E-state index contributed by atoms with van der Waals surface area (Å²) in [6, 6.07) is 0.528. The van der Waals surface area contributed by atoms with Crippen LogP contribution in [-0.4, -0.2) is 16.0 Å². The van der Waals surface area contributed by atoms with Gasteiger partial charge < -0.3 is 10.7 Å². The van der Waals surface area contributed by atoms with Crippen LogP contribution in [0.15, 0.2) is 0 Å². The molecule has 1 aliphatic carbocycles. The summed E-state index contributed by atoms with van der Waals surface area (Å²) in [5.41, 5.74) is 3.62. The van der Waals surface area contributed by atoms with E-state index in [2.05, 4.69) is 27.6 Å². The van der Waals surface area contributed by atoms with Crippen molar-refractivity contribution in [2.75, 3.05) is 10.7 Å². The minimum Gasteiger partial charge on any atom is -0.367 e. The molecule has 1 fully saturated rings. The molecule has 1 aromatic rings. The van der Waals surface area contributed by atoms with E-state index in [1.54, 1.807) is 0 Å². The smallest absolute Gasteiger partial charge is 0.148 e. The van der Waals surface area contributed by atoms with E-state index in [-0.39, 0.29) is 0 Å². The second kappa shape index (κ2) is 5.52. The van der Waals surface area contributed by atoms with Gasteiger partial charge in [0.25, 0.3) is 0 Å². The molecule has 0 atom stereocenters. The number of hydrogen-bond donors (Lipinski definition) is 3. The van der Waals surface area contributed by atoms with Crippen LogP contribution in [0.3, 0.4) is 0 Å². The van der Waals surface area contributed by atoms with E-state index in [1.165, 1.54) is 25.7 Å². The normalized spacial score (nSPS) is 23.8. The summed E-state index contributed by atoms with van der Waals surface area (Å²) >= 11 is 0. The Bertz CT molecular complexity index is 410. The summed E-state index contributed by atoms with van der Waals surface area (Å²) in [5, 5.41) is 3.54. The van der Waals surface area contributed by atoms with Crippen molar-refractivity contribution in [3.05, 3.63) is 11.4 Å². The monoisotopic (exact) mass is 249 g/mol. The van der Waals surface area contributed by atoms with Gasteiger partial charge in [0.1, 0.15) is 17.5 Å². The molecule has 0 spiro atoms. The van der Waals surface area contributed by atoms with Gasteiger partial charge in [0.2, 0.25) is 0 Å². The van der Waals surface area contributed by atoms with Crippen molar-refractivity contribution in [3.8, 4) is 0 Å². The minimum absolute atomic E-state index is 0.528. The van der Waals surface area contributed by atoms with Gasteiger partial charge in [-0.3, -0.25) is 0 Å². The van der Waals surface area contributed by atoms with Crippen molar-refractivity contribution in [2.45, 2.75) is 52.5 Å². The van der Waals surface area contributed by atoms with Gasteiger partial charge in [0, 0.05) is 11.6 Å². The Kier molecular flexibility index (Phi) is 4.01. The summed E-state index contributed by atoms with van der Waals surface area (Å²) in [5.74, 6) is 8.68. The molecule has 5 nitrogen and oxygen atoms in total. The number of rotatable bonds is 3. The quantitative estimate of drug-likeness (QED) is 0.566. The van der Waals surface area contributed by atoms with E-state index >= 15 is 0 Å². The largest absolute Gasteiger partial charge is 0.367 e. The molecule has 0 aliphatic heterocycles. The van der Waals surface area contributed by atoms with Crippen molar-refractivity contribution in [3.63, 3.8) is 0 Å². The number of hydrogen-bond acceptors (Lipinski definition) is 5. The number of nitrogens with one attached hydrogen (secondary N) is 2. The summed E-state index contributed by atoms with van der Waals surface area (Å²) < 4.78 is 0. The maximum atomic E-state index is 5.47. The molecule has 1 aromatic heterocycles. The average Bonchev–Trinajstić information content (AvgIpc) is 2.36. The lowest BCUT2D eigenvalue weighted by Gasteiger charge is -2.28. The Hall–Kier alpha value is -1.36. The summed E-state index contributed by atoms with van der Waals surface area (Å²) in [6.45, 7) is 6.20. The number of nitrogens with zero attached hydrogens (tertiary/aromatic N) is 2. The van der Waals surface area contributed by atoms with Crippen LogP contribution in [-0.2, 0) is 0 Å². The Morgan fingerprint density at radius 1 is 1.06 bits per heavy atom. The fourth-order valence-electron chi connectivity index (χ4n) is 2.51. The van der Waals surface area contributed by atoms with Gasteiger partial charge in [-0.25, -0.2) is 15.8 Å². The van der Waals surface area contributed by atoms with Crippen LogP contribution in [0.2, 0.25) is 0 Å². The molecule has 1 heterocycles. The zero-order valence-electron chi connectivity index (χ0n) is 11.5. The molecular weight excluding hydrogens is 226 g/mol. The second-order valence-corrected chi connectivity index (χ2v) is 5.34. The lowest BCUT2D eigenvalue weighted by atomic mass is 9.87. The third-order valence-electron chi connectivity index (χ3n) is 3.75. The van der Waals surface area contributed by atoms with E-state index in [4.69, 9.17) is 5.84 Å². The van der Waals surface area contributed by atoms with Crippen molar-refractivity contribution in [2.24, 2.45) is 11.8 Å². The molecule has 0 saturated heterocycles. The molecule has 0 unspecified atom stereocenters. The first-order valence-corrected chi connectivity index (χ1v) is 6.68. The van der Waals surface area contributed by atoms with Crippen LogP contribution in [0.5, 0.6) is 0 Å². The van der Waals surface area contributed by atoms with Gasteiger partial charge in [-0.1, -0.05) is 6.92 Å². The lowest BCUT2D eigenvalue weighted by molar-refractivity contribution is 0.360. The van der Waals surface area contributed by atoms with E-state index in [1.807, 2.05) is 13.8 Å². The van der Waals surface area contributed by atoms with Crippen LogP contribution in [0.4, 0.5) is 11.6 Å². The molecule has 0 radical (unpaired) electrons. The predicted molar refractivity (Wildman–Crippen MR) is 74.4 cm³/mol. The zero-order chi connectivity index (χ0) is 13.1. The van der Waals surface area contributed by atoms with Crippen LogP contribution in [0.25, 0.3) is 0 Å². The van der Waals surface area contributed by atoms with Crippen molar-refractivity contribution >= 4 is 11.6 Å². The summed E-state index contributed by atoms with van der Waals surface area (Å²) in [4.78, 5) is 8.75. The first kappa shape index (κ1) is 13.1. The predicted octanol–water partition coefficient (Wildman–Crippen LogP) is 2.37. The highest BCUT2D eigenvalue weighted by molar-refractivity contribution is 5.57. The van der Waals surface area contributed by atoms with E-state index in [0.717, 1.165) is 23.1 Å². The zero-order valence-corrected chi connectivity index (χ0v) is 11.5. The number of nitrogens with two attached hydrogens (primary N) is 1. The first-order valence-electron chi connectivity index (χ1n) is 6.68. The Balaban J connectivity index is 2.11. The molecule has 0 bridgehead atoms. The molecule has 18 heavy (non-hydrogen) atoms.